The van der Waals surface area contributed by atoms with Gasteiger partial charge in [0.25, 0.3) is 0 Å². The summed E-state index contributed by atoms with van der Waals surface area (Å²) >= 11 is 0. The van der Waals surface area contributed by atoms with Crippen molar-refractivity contribution in [2.75, 3.05) is 13.2 Å². The zero-order valence-corrected chi connectivity index (χ0v) is 11.3. The van der Waals surface area contributed by atoms with E-state index >= 15 is 0 Å². The van der Waals surface area contributed by atoms with Gasteiger partial charge in [0.1, 0.15) is 0 Å². The van der Waals surface area contributed by atoms with Crippen LogP contribution in [0.3, 0.4) is 0 Å². The van der Waals surface area contributed by atoms with Crippen molar-refractivity contribution in [1.82, 2.24) is 0 Å². The van der Waals surface area contributed by atoms with Crippen LogP contribution in [0.5, 0.6) is 0 Å². The molecule has 1 saturated heterocycles. The molecule has 0 radical (unpaired) electrons. The van der Waals surface area contributed by atoms with E-state index in [2.05, 4.69) is 13.8 Å². The van der Waals surface area contributed by atoms with Crippen molar-refractivity contribution < 1.29 is 9.47 Å². The summed E-state index contributed by atoms with van der Waals surface area (Å²) in [5.41, 5.74) is 5.97. The topological polar surface area (TPSA) is 44.5 Å². The first-order valence-electron chi connectivity index (χ1n) is 7.19. The molecule has 1 spiro atoms. The summed E-state index contributed by atoms with van der Waals surface area (Å²) in [6, 6.07) is 0. The van der Waals surface area contributed by atoms with Crippen LogP contribution in [0.15, 0.2) is 0 Å². The van der Waals surface area contributed by atoms with E-state index in [4.69, 9.17) is 15.2 Å². The maximum atomic E-state index is 6.35. The van der Waals surface area contributed by atoms with Gasteiger partial charge in [-0.25, -0.2) is 0 Å². The van der Waals surface area contributed by atoms with E-state index in [1.807, 2.05) is 0 Å². The van der Waals surface area contributed by atoms with Gasteiger partial charge in [0.05, 0.1) is 17.3 Å². The van der Waals surface area contributed by atoms with Crippen LogP contribution < -0.4 is 5.73 Å². The molecule has 0 aromatic rings. The lowest BCUT2D eigenvalue weighted by Gasteiger charge is -2.48. The summed E-state index contributed by atoms with van der Waals surface area (Å²) in [7, 11) is 0. The molecule has 3 heteroatoms. The molecule has 0 aromatic carbocycles. The van der Waals surface area contributed by atoms with Crippen molar-refractivity contribution in [3.8, 4) is 0 Å². The fourth-order valence-electron chi connectivity index (χ4n) is 3.11. The summed E-state index contributed by atoms with van der Waals surface area (Å²) in [4.78, 5) is 0. The molecule has 1 aliphatic heterocycles. The predicted octanol–water partition coefficient (Wildman–Crippen LogP) is 2.62. The van der Waals surface area contributed by atoms with Gasteiger partial charge in [-0.1, -0.05) is 13.8 Å². The number of hydrogen-bond acceptors (Lipinski definition) is 3. The normalized spacial score (nSPS) is 28.1. The lowest BCUT2D eigenvalue weighted by atomic mass is 9.74. The highest BCUT2D eigenvalue weighted by atomic mass is 16.5. The average Bonchev–Trinajstić information content (AvgIpc) is 2.35. The molecule has 0 aromatic heterocycles. The van der Waals surface area contributed by atoms with Gasteiger partial charge in [0, 0.05) is 19.6 Å². The highest BCUT2D eigenvalue weighted by Gasteiger charge is 2.44. The van der Waals surface area contributed by atoms with E-state index in [1.54, 1.807) is 0 Å². The largest absolute Gasteiger partial charge is 0.375 e. The van der Waals surface area contributed by atoms with Crippen LogP contribution >= 0.6 is 0 Å². The standard InChI is InChI=1S/C14H27NO2/c1-3-13(4-2,11-15)17-12-6-9-16-14(10-12)7-5-8-14/h12H,3-11,15H2,1-2H3. The van der Waals surface area contributed by atoms with Gasteiger partial charge >= 0.3 is 0 Å². The second-order valence-corrected chi connectivity index (χ2v) is 5.71. The lowest BCUT2D eigenvalue weighted by Crippen LogP contribution is -2.51. The van der Waals surface area contributed by atoms with E-state index in [-0.39, 0.29) is 11.2 Å². The molecule has 3 nitrogen and oxygen atoms in total. The third-order valence-corrected chi connectivity index (χ3v) is 4.79. The van der Waals surface area contributed by atoms with Crippen molar-refractivity contribution in [2.24, 2.45) is 5.73 Å². The molecule has 2 fully saturated rings. The molecule has 2 N–H and O–H groups in total. The average molecular weight is 241 g/mol. The van der Waals surface area contributed by atoms with Gasteiger partial charge in [-0.15, -0.1) is 0 Å². The fourth-order valence-corrected chi connectivity index (χ4v) is 3.11. The minimum atomic E-state index is -0.104. The highest BCUT2D eigenvalue weighted by Crippen LogP contribution is 2.43. The van der Waals surface area contributed by atoms with Crippen molar-refractivity contribution >= 4 is 0 Å². The Kier molecular flexibility index (Phi) is 4.11. The molecule has 1 atom stereocenters. The fraction of sp³-hybridized carbons (Fsp3) is 1.00. The second kappa shape index (κ2) is 5.25. The number of hydrogen-bond donors (Lipinski definition) is 1. The van der Waals surface area contributed by atoms with Gasteiger partial charge in [-0.3, -0.25) is 0 Å². The van der Waals surface area contributed by atoms with Crippen molar-refractivity contribution in [2.45, 2.75) is 76.1 Å². The van der Waals surface area contributed by atoms with Crippen molar-refractivity contribution in [1.29, 1.82) is 0 Å². The SMILES string of the molecule is CCC(CC)(CN)OC1CCOC2(CCC2)C1. The van der Waals surface area contributed by atoms with Crippen LogP contribution in [0.1, 0.15) is 58.8 Å². The molecule has 2 rings (SSSR count). The zero-order chi connectivity index (χ0) is 12.4. The van der Waals surface area contributed by atoms with Crippen LogP contribution in [0.2, 0.25) is 0 Å². The monoisotopic (exact) mass is 241 g/mol. The first kappa shape index (κ1) is 13.3. The summed E-state index contributed by atoms with van der Waals surface area (Å²) < 4.78 is 12.3. The summed E-state index contributed by atoms with van der Waals surface area (Å²) in [5, 5.41) is 0. The van der Waals surface area contributed by atoms with Crippen molar-refractivity contribution in [3.63, 3.8) is 0 Å². The van der Waals surface area contributed by atoms with E-state index in [9.17, 15) is 0 Å². The molecule has 1 unspecified atom stereocenters. The van der Waals surface area contributed by atoms with Crippen LogP contribution in [0.4, 0.5) is 0 Å². The Morgan fingerprint density at radius 2 is 2.06 bits per heavy atom. The van der Waals surface area contributed by atoms with E-state index < -0.39 is 0 Å². The Morgan fingerprint density at radius 3 is 2.53 bits per heavy atom. The van der Waals surface area contributed by atoms with Crippen LogP contribution in [0, 0.1) is 0 Å². The minimum absolute atomic E-state index is 0.104. The van der Waals surface area contributed by atoms with Crippen LogP contribution in [-0.2, 0) is 9.47 Å². The van der Waals surface area contributed by atoms with Crippen LogP contribution in [0.25, 0.3) is 0 Å². The molecule has 2 aliphatic rings. The molecular formula is C14H27NO2. The molecule has 1 heterocycles. The minimum Gasteiger partial charge on any atom is -0.375 e. The maximum absolute atomic E-state index is 6.35. The molecule has 100 valence electrons. The molecule has 1 aliphatic carbocycles. The summed E-state index contributed by atoms with van der Waals surface area (Å²) in [6.07, 6.45) is 8.23. The van der Waals surface area contributed by atoms with Gasteiger partial charge in [-0.2, -0.15) is 0 Å². The smallest absolute Gasteiger partial charge is 0.0802 e. The van der Waals surface area contributed by atoms with Gasteiger partial charge in [-0.05, 0) is 38.5 Å². The van der Waals surface area contributed by atoms with Gasteiger partial charge in [0.15, 0.2) is 0 Å². The molecule has 0 amide bonds. The number of rotatable bonds is 5. The third kappa shape index (κ3) is 2.67. The lowest BCUT2D eigenvalue weighted by molar-refractivity contribution is -0.197. The maximum Gasteiger partial charge on any atom is 0.0802 e. The van der Waals surface area contributed by atoms with E-state index in [0.29, 0.717) is 12.6 Å². The summed E-state index contributed by atoms with van der Waals surface area (Å²) in [5.74, 6) is 0. The molecule has 17 heavy (non-hydrogen) atoms. The third-order valence-electron chi connectivity index (χ3n) is 4.79. The first-order chi connectivity index (χ1) is 8.17. The Hall–Kier alpha value is -0.120. The Balaban J connectivity index is 1.93. The molecular weight excluding hydrogens is 214 g/mol. The van der Waals surface area contributed by atoms with E-state index in [0.717, 1.165) is 32.3 Å². The summed E-state index contributed by atoms with van der Waals surface area (Å²) in [6.45, 7) is 5.84. The van der Waals surface area contributed by atoms with Gasteiger partial charge in [0.2, 0.25) is 0 Å². The van der Waals surface area contributed by atoms with Gasteiger partial charge < -0.3 is 15.2 Å². The zero-order valence-electron chi connectivity index (χ0n) is 11.3. The first-order valence-corrected chi connectivity index (χ1v) is 7.19. The highest BCUT2D eigenvalue weighted by molar-refractivity contribution is 4.95. The van der Waals surface area contributed by atoms with Crippen LogP contribution in [-0.4, -0.2) is 30.5 Å². The quantitative estimate of drug-likeness (QED) is 0.804. The Morgan fingerprint density at radius 1 is 1.35 bits per heavy atom. The molecule has 1 saturated carbocycles. The second-order valence-electron chi connectivity index (χ2n) is 5.71. The number of nitrogens with two attached hydrogens (primary N) is 1. The number of ether oxygens (including phenoxy) is 2. The Labute approximate surface area is 105 Å². The van der Waals surface area contributed by atoms with E-state index in [1.165, 1.54) is 19.3 Å². The molecule has 0 bridgehead atoms. The Bertz CT molecular complexity index is 238. The predicted molar refractivity (Wildman–Crippen MR) is 69.0 cm³/mol. The van der Waals surface area contributed by atoms with Crippen molar-refractivity contribution in [3.05, 3.63) is 0 Å².